The van der Waals surface area contributed by atoms with Crippen LogP contribution in [0.25, 0.3) is 33.6 Å². The lowest BCUT2D eigenvalue weighted by Crippen LogP contribution is -2.54. The Bertz CT molecular complexity index is 2220. The number of hydrogen-bond donors (Lipinski definition) is 4. The van der Waals surface area contributed by atoms with Gasteiger partial charge in [0.05, 0.1) is 56.2 Å². The lowest BCUT2D eigenvalue weighted by atomic mass is 9.87. The largest absolute Gasteiger partial charge is 0.488 e. The summed E-state index contributed by atoms with van der Waals surface area (Å²) in [5.41, 5.74) is 7.30. The molecule has 4 aromatic rings. The second-order valence-electron chi connectivity index (χ2n) is 15.7. The van der Waals surface area contributed by atoms with Gasteiger partial charge in [0.25, 0.3) is 0 Å². The maximum atomic E-state index is 13.7. The van der Waals surface area contributed by atoms with E-state index in [0.29, 0.717) is 44.4 Å². The molecule has 1 unspecified atom stereocenters. The van der Waals surface area contributed by atoms with Crippen molar-refractivity contribution < 1.29 is 42.9 Å². The van der Waals surface area contributed by atoms with Crippen LogP contribution in [0.4, 0.5) is 9.59 Å². The third-order valence-electron chi connectivity index (χ3n) is 11.9. The standard InChI is InChI=1S/C42H50N8O9/c1-21(2)35(47-41(53)56-5)39(51)49-11-7-9-29(49)37-43-17-27(45-37)23-13-25-19-59-32-16-24(14-26-20-58-31(15-23)33(25)34(26)32)28-18-44-38(46-28)30-10-8-12-50(30)40(52)36(22(3)55-4)48-42(54)57-6/h13-18,21-22,29-30,35-36H,7-12,19-20H2,1-6H3,(H,43,45)(H,44,46)(H,47,53)(H,48,54)/t22-,29+,30+,35?,36+/m1/s1. The molecule has 4 aliphatic heterocycles. The average Bonchev–Trinajstić information content (AvgIpc) is 4.09. The number of benzene rings is 2. The Balaban J connectivity index is 1.01. The van der Waals surface area contributed by atoms with E-state index in [9.17, 15) is 19.2 Å². The van der Waals surface area contributed by atoms with Crippen molar-refractivity contribution in [3.8, 4) is 45.1 Å². The lowest BCUT2D eigenvalue weighted by molar-refractivity contribution is -0.137. The van der Waals surface area contributed by atoms with Gasteiger partial charge in [0.2, 0.25) is 11.8 Å². The summed E-state index contributed by atoms with van der Waals surface area (Å²) in [4.78, 5) is 71.4. The fraction of sp³-hybridized carbons (Fsp3) is 0.476. The topological polar surface area (TPSA) is 202 Å². The van der Waals surface area contributed by atoms with Gasteiger partial charge in [-0.15, -0.1) is 0 Å². The molecule has 17 nitrogen and oxygen atoms in total. The van der Waals surface area contributed by atoms with E-state index in [1.54, 1.807) is 29.1 Å². The van der Waals surface area contributed by atoms with Gasteiger partial charge in [-0.2, -0.15) is 0 Å². The zero-order valence-corrected chi connectivity index (χ0v) is 34.0. The first-order valence-corrected chi connectivity index (χ1v) is 20.0. The first kappa shape index (κ1) is 39.7. The minimum atomic E-state index is -0.920. The molecule has 4 N–H and O–H groups in total. The highest BCUT2D eigenvalue weighted by atomic mass is 16.5. The van der Waals surface area contributed by atoms with Crippen molar-refractivity contribution in [1.82, 2.24) is 40.4 Å². The molecule has 0 saturated carbocycles. The number of ether oxygens (including phenoxy) is 5. The van der Waals surface area contributed by atoms with E-state index in [0.717, 1.165) is 75.5 Å². The minimum absolute atomic E-state index is 0.129. The number of rotatable bonds is 11. The molecule has 4 aliphatic rings. The summed E-state index contributed by atoms with van der Waals surface area (Å²) in [5.74, 6) is 2.28. The second kappa shape index (κ2) is 16.3. The molecule has 8 rings (SSSR count). The molecule has 4 amide bonds. The first-order valence-electron chi connectivity index (χ1n) is 20.0. The maximum absolute atomic E-state index is 13.7. The van der Waals surface area contributed by atoms with Crippen LogP contribution in [-0.2, 0) is 37.0 Å². The van der Waals surface area contributed by atoms with Crippen LogP contribution in [0.2, 0.25) is 0 Å². The summed E-state index contributed by atoms with van der Waals surface area (Å²) >= 11 is 0. The number of amides is 4. The monoisotopic (exact) mass is 810 g/mol. The normalized spacial score (nSPS) is 19.3. The average molecular weight is 811 g/mol. The van der Waals surface area contributed by atoms with Crippen LogP contribution in [0.5, 0.6) is 11.5 Å². The summed E-state index contributed by atoms with van der Waals surface area (Å²) in [5, 5.41) is 5.33. The fourth-order valence-corrected chi connectivity index (χ4v) is 8.68. The highest BCUT2D eigenvalue weighted by molar-refractivity contribution is 5.89. The summed E-state index contributed by atoms with van der Waals surface area (Å²) < 4.78 is 27.8. The van der Waals surface area contributed by atoms with E-state index < -0.39 is 30.4 Å². The van der Waals surface area contributed by atoms with Crippen LogP contribution in [0.15, 0.2) is 36.7 Å². The Morgan fingerprint density at radius 2 is 1.17 bits per heavy atom. The highest BCUT2D eigenvalue weighted by Gasteiger charge is 2.40. The van der Waals surface area contributed by atoms with Crippen LogP contribution in [0.3, 0.4) is 0 Å². The molecule has 2 aromatic heterocycles. The number of carbonyl (C=O) groups is 4. The minimum Gasteiger partial charge on any atom is -0.488 e. The zero-order valence-electron chi connectivity index (χ0n) is 34.0. The first-order chi connectivity index (χ1) is 28.5. The van der Waals surface area contributed by atoms with Gasteiger partial charge in [0, 0.05) is 53.6 Å². The van der Waals surface area contributed by atoms with E-state index in [-0.39, 0.29) is 29.8 Å². The van der Waals surface area contributed by atoms with Crippen molar-refractivity contribution in [3.63, 3.8) is 0 Å². The number of likely N-dealkylation sites (tertiary alicyclic amines) is 2. The van der Waals surface area contributed by atoms with Crippen molar-refractivity contribution in [1.29, 1.82) is 0 Å². The maximum Gasteiger partial charge on any atom is 0.407 e. The van der Waals surface area contributed by atoms with Gasteiger partial charge < -0.3 is 54.1 Å². The van der Waals surface area contributed by atoms with Crippen LogP contribution in [-0.4, -0.2) is 106 Å². The molecule has 0 spiro atoms. The van der Waals surface area contributed by atoms with Crippen LogP contribution < -0.4 is 20.1 Å². The summed E-state index contributed by atoms with van der Waals surface area (Å²) in [6, 6.07) is 6.00. The molecule has 5 atom stereocenters. The van der Waals surface area contributed by atoms with Gasteiger partial charge in [0.1, 0.15) is 48.4 Å². The number of H-pyrrole nitrogens is 2. The van der Waals surface area contributed by atoms with E-state index >= 15 is 0 Å². The summed E-state index contributed by atoms with van der Waals surface area (Å²) in [6.07, 6.45) is 4.71. The lowest BCUT2D eigenvalue weighted by Gasteiger charge is -2.30. The molecule has 2 saturated heterocycles. The van der Waals surface area contributed by atoms with E-state index in [2.05, 4.69) is 32.7 Å². The van der Waals surface area contributed by atoms with E-state index in [1.807, 2.05) is 26.0 Å². The molecule has 6 heterocycles. The van der Waals surface area contributed by atoms with Gasteiger partial charge in [-0.1, -0.05) is 13.8 Å². The SMILES string of the molecule is COC(=O)NC(C(=O)N1CCC[C@H]1c1ncc(-c2cc3c4c(c2)OCc2cc(-c5cnc([C@@H]6CCCN6C(=O)[C@@H](NC(=O)OC)[C@@H](C)OC)[nH]5)cc(c2-4)OC3)[nH]1)C(C)C. The molecule has 0 aliphatic carbocycles. The van der Waals surface area contributed by atoms with Gasteiger partial charge in [-0.05, 0) is 62.8 Å². The quantitative estimate of drug-likeness (QED) is 0.151. The predicted molar refractivity (Wildman–Crippen MR) is 213 cm³/mol. The highest BCUT2D eigenvalue weighted by Crippen LogP contribution is 2.51. The fourth-order valence-electron chi connectivity index (χ4n) is 8.68. The number of nitrogens with zero attached hydrogens (tertiary/aromatic N) is 4. The molecule has 2 aromatic carbocycles. The molecule has 2 fully saturated rings. The summed E-state index contributed by atoms with van der Waals surface area (Å²) in [6.45, 7) is 7.26. The predicted octanol–water partition coefficient (Wildman–Crippen LogP) is 5.39. The number of carbonyl (C=O) groups excluding carboxylic acids is 4. The smallest absolute Gasteiger partial charge is 0.407 e. The number of imidazole rings is 2. The van der Waals surface area contributed by atoms with Crippen LogP contribution in [0, 0.1) is 5.92 Å². The second-order valence-corrected chi connectivity index (χ2v) is 15.7. The van der Waals surface area contributed by atoms with Gasteiger partial charge in [-0.3, -0.25) is 9.59 Å². The van der Waals surface area contributed by atoms with Crippen LogP contribution >= 0.6 is 0 Å². The number of aromatic nitrogens is 4. The van der Waals surface area contributed by atoms with Crippen LogP contribution in [0.1, 0.15) is 81.3 Å². The Kier molecular flexibility index (Phi) is 11.0. The molecule has 0 bridgehead atoms. The summed E-state index contributed by atoms with van der Waals surface area (Å²) in [7, 11) is 4.03. The molecule has 59 heavy (non-hydrogen) atoms. The van der Waals surface area contributed by atoms with E-state index in [1.165, 1.54) is 21.3 Å². The van der Waals surface area contributed by atoms with E-state index in [4.69, 9.17) is 33.7 Å². The number of nitrogens with one attached hydrogen (secondary N) is 4. The van der Waals surface area contributed by atoms with Crippen molar-refractivity contribution in [2.45, 2.75) is 89.9 Å². The third-order valence-corrected chi connectivity index (χ3v) is 11.9. The number of methoxy groups -OCH3 is 3. The van der Waals surface area contributed by atoms with Gasteiger partial charge in [0.15, 0.2) is 0 Å². The number of aromatic amines is 2. The molecular formula is C42H50N8O9. The van der Waals surface area contributed by atoms with Crippen molar-refractivity contribution >= 4 is 24.0 Å². The molecule has 312 valence electrons. The number of hydrogen-bond acceptors (Lipinski definition) is 11. The zero-order chi connectivity index (χ0) is 41.5. The van der Waals surface area contributed by atoms with Crippen molar-refractivity contribution in [2.24, 2.45) is 5.92 Å². The Morgan fingerprint density at radius 3 is 1.61 bits per heavy atom. The number of alkyl carbamates (subject to hydrolysis) is 2. The Morgan fingerprint density at radius 1 is 0.712 bits per heavy atom. The molecular weight excluding hydrogens is 761 g/mol. The van der Waals surface area contributed by atoms with Crippen molar-refractivity contribution in [2.75, 3.05) is 34.4 Å². The van der Waals surface area contributed by atoms with Gasteiger partial charge >= 0.3 is 12.2 Å². The third kappa shape index (κ3) is 7.43. The molecule has 0 radical (unpaired) electrons. The van der Waals surface area contributed by atoms with Gasteiger partial charge in [-0.25, -0.2) is 19.6 Å². The molecule has 17 heteroatoms. The Hall–Kier alpha value is -6.10. The Labute approximate surface area is 341 Å². The van der Waals surface area contributed by atoms with Crippen molar-refractivity contribution in [3.05, 3.63) is 59.4 Å².